The molecule has 1 amide bonds. The number of amides is 1. The number of aryl methyl sites for hydroxylation is 1. The van der Waals surface area contributed by atoms with Gasteiger partial charge in [0, 0.05) is 13.0 Å². The van der Waals surface area contributed by atoms with Crippen molar-refractivity contribution in [3.05, 3.63) is 84.1 Å². The standard InChI is InChI=1S/C22H23N3O2/c1-27-20-11-7-18(8-12-20)15-23-21-13-10-19(16-24-21)25-22(26)14-9-17-5-3-2-4-6-17/h2-8,10-13,16H,9,14-15H2,1H3,(H,23,24)(H,25,26). The second-order valence-electron chi connectivity index (χ2n) is 6.17. The van der Waals surface area contributed by atoms with Gasteiger partial charge in [-0.3, -0.25) is 4.79 Å². The molecular weight excluding hydrogens is 338 g/mol. The Morgan fingerprint density at radius 3 is 2.41 bits per heavy atom. The third kappa shape index (κ3) is 5.85. The number of hydrogen-bond acceptors (Lipinski definition) is 4. The molecule has 0 fully saturated rings. The molecule has 0 atom stereocenters. The monoisotopic (exact) mass is 361 g/mol. The minimum absolute atomic E-state index is 0.0143. The largest absolute Gasteiger partial charge is 0.497 e. The zero-order valence-corrected chi connectivity index (χ0v) is 15.3. The van der Waals surface area contributed by atoms with Gasteiger partial charge in [0.25, 0.3) is 0 Å². The van der Waals surface area contributed by atoms with E-state index >= 15 is 0 Å². The van der Waals surface area contributed by atoms with Crippen LogP contribution in [0.15, 0.2) is 72.9 Å². The molecule has 0 radical (unpaired) electrons. The molecule has 5 heteroatoms. The van der Waals surface area contributed by atoms with Crippen molar-refractivity contribution in [1.82, 2.24) is 4.98 Å². The first kappa shape index (κ1) is 18.5. The van der Waals surface area contributed by atoms with Crippen LogP contribution in [0.25, 0.3) is 0 Å². The molecular formula is C22H23N3O2. The summed E-state index contributed by atoms with van der Waals surface area (Å²) in [5, 5.41) is 6.14. The predicted molar refractivity (Wildman–Crippen MR) is 108 cm³/mol. The Kier molecular flexibility index (Phi) is 6.41. The third-order valence-electron chi connectivity index (χ3n) is 4.16. The van der Waals surface area contributed by atoms with E-state index < -0.39 is 0 Å². The second-order valence-corrected chi connectivity index (χ2v) is 6.17. The number of ether oxygens (including phenoxy) is 1. The number of pyridine rings is 1. The van der Waals surface area contributed by atoms with E-state index in [1.807, 2.05) is 66.7 Å². The van der Waals surface area contributed by atoms with Crippen molar-refractivity contribution in [2.75, 3.05) is 17.7 Å². The molecule has 1 aromatic heterocycles. The van der Waals surface area contributed by atoms with Crippen LogP contribution in [-0.2, 0) is 17.8 Å². The van der Waals surface area contributed by atoms with Gasteiger partial charge in [-0.25, -0.2) is 4.98 Å². The molecule has 27 heavy (non-hydrogen) atoms. The lowest BCUT2D eigenvalue weighted by Crippen LogP contribution is -2.12. The predicted octanol–water partition coefficient (Wildman–Crippen LogP) is 4.27. The fourth-order valence-corrected chi connectivity index (χ4v) is 2.63. The summed E-state index contributed by atoms with van der Waals surface area (Å²) in [5.41, 5.74) is 2.99. The van der Waals surface area contributed by atoms with Crippen LogP contribution >= 0.6 is 0 Å². The summed E-state index contributed by atoms with van der Waals surface area (Å²) >= 11 is 0. The highest BCUT2D eigenvalue weighted by Gasteiger charge is 2.04. The van der Waals surface area contributed by atoms with Gasteiger partial charge in [0.1, 0.15) is 11.6 Å². The zero-order valence-electron chi connectivity index (χ0n) is 15.3. The Hall–Kier alpha value is -3.34. The van der Waals surface area contributed by atoms with Crippen LogP contribution in [0.2, 0.25) is 0 Å². The fourth-order valence-electron chi connectivity index (χ4n) is 2.63. The minimum Gasteiger partial charge on any atom is -0.497 e. The van der Waals surface area contributed by atoms with Gasteiger partial charge in [-0.2, -0.15) is 0 Å². The first-order valence-electron chi connectivity index (χ1n) is 8.89. The van der Waals surface area contributed by atoms with Gasteiger partial charge >= 0.3 is 0 Å². The van der Waals surface area contributed by atoms with Crippen molar-refractivity contribution < 1.29 is 9.53 Å². The van der Waals surface area contributed by atoms with Crippen LogP contribution < -0.4 is 15.4 Å². The maximum atomic E-state index is 12.1. The summed E-state index contributed by atoms with van der Waals surface area (Å²) < 4.78 is 5.15. The Morgan fingerprint density at radius 2 is 1.74 bits per heavy atom. The molecule has 1 heterocycles. The van der Waals surface area contributed by atoms with E-state index in [1.165, 1.54) is 0 Å². The quantitative estimate of drug-likeness (QED) is 0.629. The summed E-state index contributed by atoms with van der Waals surface area (Å²) in [6, 6.07) is 21.6. The smallest absolute Gasteiger partial charge is 0.224 e. The van der Waals surface area contributed by atoms with Crippen molar-refractivity contribution in [2.24, 2.45) is 0 Å². The Morgan fingerprint density at radius 1 is 0.963 bits per heavy atom. The number of carbonyl (C=O) groups is 1. The first-order chi connectivity index (χ1) is 13.2. The number of hydrogen-bond donors (Lipinski definition) is 2. The number of nitrogens with one attached hydrogen (secondary N) is 2. The molecule has 0 aliphatic heterocycles. The lowest BCUT2D eigenvalue weighted by Gasteiger charge is -2.08. The van der Waals surface area contributed by atoms with Crippen LogP contribution in [0, 0.1) is 0 Å². The number of rotatable bonds is 8. The number of nitrogens with zero attached hydrogens (tertiary/aromatic N) is 1. The average Bonchev–Trinajstić information content (AvgIpc) is 2.73. The van der Waals surface area contributed by atoms with Gasteiger partial charge in [-0.1, -0.05) is 42.5 Å². The van der Waals surface area contributed by atoms with Crippen LogP contribution in [0.1, 0.15) is 17.5 Å². The van der Waals surface area contributed by atoms with Gasteiger partial charge in [0.15, 0.2) is 0 Å². The Balaban J connectivity index is 1.45. The van der Waals surface area contributed by atoms with Crippen molar-refractivity contribution in [3.63, 3.8) is 0 Å². The maximum absolute atomic E-state index is 12.1. The number of methoxy groups -OCH3 is 1. The molecule has 3 rings (SSSR count). The van der Waals surface area contributed by atoms with E-state index in [-0.39, 0.29) is 5.91 Å². The highest BCUT2D eigenvalue weighted by Crippen LogP contribution is 2.14. The summed E-state index contributed by atoms with van der Waals surface area (Å²) in [4.78, 5) is 16.4. The number of aromatic nitrogens is 1. The highest BCUT2D eigenvalue weighted by atomic mass is 16.5. The van der Waals surface area contributed by atoms with Gasteiger partial charge in [0.2, 0.25) is 5.91 Å². The van der Waals surface area contributed by atoms with E-state index in [0.29, 0.717) is 18.7 Å². The van der Waals surface area contributed by atoms with Gasteiger partial charge < -0.3 is 15.4 Å². The topological polar surface area (TPSA) is 63.2 Å². The van der Waals surface area contributed by atoms with Crippen LogP contribution in [0.3, 0.4) is 0 Å². The number of benzene rings is 2. The molecule has 0 spiro atoms. The molecule has 5 nitrogen and oxygen atoms in total. The Labute approximate surface area is 159 Å². The normalized spacial score (nSPS) is 10.3. The maximum Gasteiger partial charge on any atom is 0.224 e. The molecule has 2 N–H and O–H groups in total. The summed E-state index contributed by atoms with van der Waals surface area (Å²) in [7, 11) is 1.65. The first-order valence-corrected chi connectivity index (χ1v) is 8.89. The zero-order chi connectivity index (χ0) is 18.9. The average molecular weight is 361 g/mol. The van der Waals surface area contributed by atoms with Crippen LogP contribution in [-0.4, -0.2) is 18.0 Å². The minimum atomic E-state index is -0.0143. The molecule has 0 aliphatic carbocycles. The molecule has 0 saturated heterocycles. The van der Waals surface area contributed by atoms with Crippen molar-refractivity contribution >= 4 is 17.4 Å². The van der Waals surface area contributed by atoms with E-state index in [0.717, 1.165) is 29.1 Å². The van der Waals surface area contributed by atoms with E-state index in [4.69, 9.17) is 4.74 Å². The SMILES string of the molecule is COc1ccc(CNc2ccc(NC(=O)CCc3ccccc3)cn2)cc1. The van der Waals surface area contributed by atoms with Crippen LogP contribution in [0.5, 0.6) is 5.75 Å². The molecule has 0 unspecified atom stereocenters. The van der Waals surface area contributed by atoms with Crippen molar-refractivity contribution in [3.8, 4) is 5.75 Å². The lowest BCUT2D eigenvalue weighted by molar-refractivity contribution is -0.116. The van der Waals surface area contributed by atoms with Crippen molar-refractivity contribution in [1.29, 1.82) is 0 Å². The molecule has 0 bridgehead atoms. The molecule has 3 aromatic rings. The summed E-state index contributed by atoms with van der Waals surface area (Å²) in [6.45, 7) is 0.666. The molecule has 0 saturated carbocycles. The summed E-state index contributed by atoms with van der Waals surface area (Å²) in [5.74, 6) is 1.58. The van der Waals surface area contributed by atoms with Crippen LogP contribution in [0.4, 0.5) is 11.5 Å². The number of carbonyl (C=O) groups excluding carboxylic acids is 1. The summed E-state index contributed by atoms with van der Waals surface area (Å²) in [6.07, 6.45) is 2.83. The molecule has 2 aromatic carbocycles. The highest BCUT2D eigenvalue weighted by molar-refractivity contribution is 5.90. The van der Waals surface area contributed by atoms with E-state index in [2.05, 4.69) is 15.6 Å². The molecule has 0 aliphatic rings. The third-order valence-corrected chi connectivity index (χ3v) is 4.16. The van der Waals surface area contributed by atoms with Crippen molar-refractivity contribution in [2.45, 2.75) is 19.4 Å². The Bertz CT molecular complexity index is 847. The lowest BCUT2D eigenvalue weighted by atomic mass is 10.1. The van der Waals surface area contributed by atoms with Gasteiger partial charge in [-0.05, 0) is 41.8 Å². The second kappa shape index (κ2) is 9.38. The molecule has 138 valence electrons. The van der Waals surface area contributed by atoms with E-state index in [9.17, 15) is 4.79 Å². The van der Waals surface area contributed by atoms with Gasteiger partial charge in [-0.15, -0.1) is 0 Å². The fraction of sp³-hybridized carbons (Fsp3) is 0.182. The van der Waals surface area contributed by atoms with Gasteiger partial charge in [0.05, 0.1) is 19.0 Å². The number of anilines is 2. The van der Waals surface area contributed by atoms with E-state index in [1.54, 1.807) is 13.3 Å².